The summed E-state index contributed by atoms with van der Waals surface area (Å²) >= 11 is 0. The van der Waals surface area contributed by atoms with Gasteiger partial charge in [0.05, 0.1) is 6.54 Å². The zero-order valence-electron chi connectivity index (χ0n) is 7.72. The minimum atomic E-state index is -0.185. The van der Waals surface area contributed by atoms with Crippen LogP contribution in [0.4, 0.5) is 0 Å². The SMILES string of the molecule is CCCCC=C1NC(=O)CNC1=O. The van der Waals surface area contributed by atoms with Crippen LogP contribution in [0.1, 0.15) is 26.2 Å². The molecule has 1 aliphatic rings. The van der Waals surface area contributed by atoms with Crippen molar-refractivity contribution in [2.75, 3.05) is 6.54 Å². The third-order valence-electron chi connectivity index (χ3n) is 1.83. The lowest BCUT2D eigenvalue weighted by atomic mass is 10.2. The second-order valence-electron chi connectivity index (χ2n) is 2.99. The van der Waals surface area contributed by atoms with Crippen molar-refractivity contribution in [3.8, 4) is 0 Å². The van der Waals surface area contributed by atoms with Crippen molar-refractivity contribution in [1.29, 1.82) is 0 Å². The van der Waals surface area contributed by atoms with Gasteiger partial charge in [-0.3, -0.25) is 9.59 Å². The number of carbonyl (C=O) groups is 2. The highest BCUT2D eigenvalue weighted by atomic mass is 16.2. The minimum absolute atomic E-state index is 0.0873. The maximum atomic E-state index is 11.1. The first kappa shape index (κ1) is 9.77. The van der Waals surface area contributed by atoms with Crippen LogP contribution in [0.15, 0.2) is 11.8 Å². The van der Waals surface area contributed by atoms with E-state index in [0.29, 0.717) is 5.70 Å². The number of nitrogens with one attached hydrogen (secondary N) is 2. The summed E-state index contributed by atoms with van der Waals surface area (Å²) in [5, 5.41) is 5.02. The number of rotatable bonds is 3. The average Bonchev–Trinajstić information content (AvgIpc) is 2.11. The molecule has 4 heteroatoms. The third kappa shape index (κ3) is 2.89. The van der Waals surface area contributed by atoms with E-state index in [1.807, 2.05) is 0 Å². The summed E-state index contributed by atoms with van der Waals surface area (Å²) in [5.41, 5.74) is 0.393. The van der Waals surface area contributed by atoms with E-state index in [0.717, 1.165) is 19.3 Å². The van der Waals surface area contributed by atoms with Gasteiger partial charge in [-0.05, 0) is 12.8 Å². The Morgan fingerprint density at radius 2 is 2.23 bits per heavy atom. The van der Waals surface area contributed by atoms with Crippen molar-refractivity contribution >= 4 is 11.8 Å². The van der Waals surface area contributed by atoms with Gasteiger partial charge < -0.3 is 10.6 Å². The summed E-state index contributed by atoms with van der Waals surface area (Å²) in [6.07, 6.45) is 4.72. The number of unbranched alkanes of at least 4 members (excludes halogenated alkanes) is 2. The zero-order valence-corrected chi connectivity index (χ0v) is 7.72. The molecule has 13 heavy (non-hydrogen) atoms. The van der Waals surface area contributed by atoms with Crippen molar-refractivity contribution in [2.45, 2.75) is 26.2 Å². The highest BCUT2D eigenvalue weighted by molar-refractivity contribution is 6.02. The summed E-state index contributed by atoms with van der Waals surface area (Å²) in [4.78, 5) is 22.0. The Kier molecular flexibility index (Phi) is 3.49. The molecule has 0 aromatic heterocycles. The Morgan fingerprint density at radius 3 is 2.92 bits per heavy atom. The minimum Gasteiger partial charge on any atom is -0.342 e. The molecule has 0 radical (unpaired) electrons. The molecule has 0 unspecified atom stereocenters. The maximum absolute atomic E-state index is 11.1. The van der Waals surface area contributed by atoms with Gasteiger partial charge in [0, 0.05) is 0 Å². The van der Waals surface area contributed by atoms with Gasteiger partial charge in [-0.15, -0.1) is 0 Å². The summed E-state index contributed by atoms with van der Waals surface area (Å²) in [6.45, 7) is 2.17. The lowest BCUT2D eigenvalue weighted by Crippen LogP contribution is -2.47. The van der Waals surface area contributed by atoms with Crippen LogP contribution in [0.3, 0.4) is 0 Å². The molecule has 2 amide bonds. The Bertz CT molecular complexity index is 246. The van der Waals surface area contributed by atoms with Gasteiger partial charge in [-0.2, -0.15) is 0 Å². The first-order chi connectivity index (χ1) is 6.24. The average molecular weight is 182 g/mol. The molecule has 1 heterocycles. The molecular weight excluding hydrogens is 168 g/mol. The molecule has 1 fully saturated rings. The van der Waals surface area contributed by atoms with Crippen LogP contribution < -0.4 is 10.6 Å². The zero-order chi connectivity index (χ0) is 9.68. The van der Waals surface area contributed by atoms with Gasteiger partial charge in [0.1, 0.15) is 5.70 Å². The summed E-state index contributed by atoms with van der Waals surface area (Å²) in [7, 11) is 0. The second-order valence-corrected chi connectivity index (χ2v) is 2.99. The fraction of sp³-hybridized carbons (Fsp3) is 0.556. The number of hydrogen-bond donors (Lipinski definition) is 2. The lowest BCUT2D eigenvalue weighted by Gasteiger charge is -2.15. The van der Waals surface area contributed by atoms with Crippen molar-refractivity contribution < 1.29 is 9.59 Å². The molecule has 0 bridgehead atoms. The van der Waals surface area contributed by atoms with Gasteiger partial charge in [-0.1, -0.05) is 19.4 Å². The smallest absolute Gasteiger partial charge is 0.267 e. The van der Waals surface area contributed by atoms with E-state index in [2.05, 4.69) is 17.6 Å². The van der Waals surface area contributed by atoms with E-state index in [1.54, 1.807) is 6.08 Å². The predicted octanol–water partition coefficient (Wildman–Crippen LogP) is 0.307. The number of hydrogen-bond acceptors (Lipinski definition) is 2. The van der Waals surface area contributed by atoms with Gasteiger partial charge in [-0.25, -0.2) is 0 Å². The lowest BCUT2D eigenvalue weighted by molar-refractivity contribution is -0.128. The Labute approximate surface area is 77.4 Å². The van der Waals surface area contributed by atoms with Crippen LogP contribution >= 0.6 is 0 Å². The molecule has 0 aliphatic carbocycles. The maximum Gasteiger partial charge on any atom is 0.267 e. The normalized spacial score (nSPS) is 19.9. The third-order valence-corrected chi connectivity index (χ3v) is 1.83. The quantitative estimate of drug-likeness (QED) is 0.487. The van der Waals surface area contributed by atoms with E-state index < -0.39 is 0 Å². The molecule has 2 N–H and O–H groups in total. The van der Waals surface area contributed by atoms with E-state index in [1.165, 1.54) is 0 Å². The van der Waals surface area contributed by atoms with Crippen LogP contribution in [0.25, 0.3) is 0 Å². The van der Waals surface area contributed by atoms with Gasteiger partial charge in [0.2, 0.25) is 5.91 Å². The van der Waals surface area contributed by atoms with Gasteiger partial charge >= 0.3 is 0 Å². The van der Waals surface area contributed by atoms with Crippen molar-refractivity contribution in [1.82, 2.24) is 10.6 Å². The van der Waals surface area contributed by atoms with E-state index >= 15 is 0 Å². The topological polar surface area (TPSA) is 58.2 Å². The summed E-state index contributed by atoms with van der Waals surface area (Å²) < 4.78 is 0. The Balaban J connectivity index is 2.50. The largest absolute Gasteiger partial charge is 0.342 e. The number of allylic oxidation sites excluding steroid dienone is 1. The van der Waals surface area contributed by atoms with Crippen LogP contribution in [0.5, 0.6) is 0 Å². The van der Waals surface area contributed by atoms with Gasteiger partial charge in [0.15, 0.2) is 0 Å². The molecule has 1 rings (SSSR count). The fourth-order valence-corrected chi connectivity index (χ4v) is 1.10. The highest BCUT2D eigenvalue weighted by Crippen LogP contribution is 2.01. The Hall–Kier alpha value is -1.32. The molecular formula is C9H14N2O2. The number of piperazine rings is 1. The van der Waals surface area contributed by atoms with Crippen LogP contribution in [-0.2, 0) is 9.59 Å². The molecule has 72 valence electrons. The standard InChI is InChI=1S/C9H14N2O2/c1-2-3-4-5-7-9(13)10-6-8(12)11-7/h5H,2-4,6H2,1H3,(H,10,13)(H,11,12). The molecule has 0 atom stereocenters. The molecule has 1 saturated heterocycles. The van der Waals surface area contributed by atoms with Crippen LogP contribution in [0.2, 0.25) is 0 Å². The van der Waals surface area contributed by atoms with Crippen molar-refractivity contribution in [2.24, 2.45) is 0 Å². The second kappa shape index (κ2) is 4.64. The summed E-state index contributed by atoms with van der Waals surface area (Å²) in [5.74, 6) is -0.335. The highest BCUT2D eigenvalue weighted by Gasteiger charge is 2.18. The molecule has 0 spiro atoms. The molecule has 1 aliphatic heterocycles. The van der Waals surface area contributed by atoms with Crippen molar-refractivity contribution in [3.05, 3.63) is 11.8 Å². The molecule has 0 saturated carbocycles. The monoisotopic (exact) mass is 182 g/mol. The number of amides is 2. The van der Waals surface area contributed by atoms with Gasteiger partial charge in [0.25, 0.3) is 5.91 Å². The molecule has 4 nitrogen and oxygen atoms in total. The number of carbonyl (C=O) groups excluding carboxylic acids is 2. The van der Waals surface area contributed by atoms with Crippen molar-refractivity contribution in [3.63, 3.8) is 0 Å². The summed E-state index contributed by atoms with van der Waals surface area (Å²) in [6, 6.07) is 0. The van der Waals surface area contributed by atoms with E-state index in [-0.39, 0.29) is 18.4 Å². The van der Waals surface area contributed by atoms with Crippen LogP contribution in [0, 0.1) is 0 Å². The fourth-order valence-electron chi connectivity index (χ4n) is 1.10. The predicted molar refractivity (Wildman–Crippen MR) is 48.8 cm³/mol. The Morgan fingerprint density at radius 1 is 1.46 bits per heavy atom. The van der Waals surface area contributed by atoms with Crippen LogP contribution in [-0.4, -0.2) is 18.4 Å². The first-order valence-corrected chi connectivity index (χ1v) is 4.52. The van der Waals surface area contributed by atoms with E-state index in [4.69, 9.17) is 0 Å². The van der Waals surface area contributed by atoms with E-state index in [9.17, 15) is 9.59 Å². The molecule has 0 aromatic rings. The molecule has 0 aromatic carbocycles. The first-order valence-electron chi connectivity index (χ1n) is 4.52.